The first-order valence-electron chi connectivity index (χ1n) is 7.87. The largest absolute Gasteiger partial charge is 0.376 e. The van der Waals surface area contributed by atoms with Crippen molar-refractivity contribution < 1.29 is 9.53 Å². The van der Waals surface area contributed by atoms with Crippen LogP contribution in [0.1, 0.15) is 42.2 Å². The molecule has 0 spiro atoms. The first-order chi connectivity index (χ1) is 10.2. The minimum absolute atomic E-state index is 0.0204. The Balaban J connectivity index is 1.60. The summed E-state index contributed by atoms with van der Waals surface area (Å²) in [7, 11) is 1.82. The summed E-state index contributed by atoms with van der Waals surface area (Å²) in [6, 6.07) is 2.19. The summed E-state index contributed by atoms with van der Waals surface area (Å²) in [6.45, 7) is 3.47. The third kappa shape index (κ3) is 3.44. The zero-order chi connectivity index (χ0) is 14.7. The highest BCUT2D eigenvalue weighted by atomic mass is 16.5. The highest BCUT2D eigenvalue weighted by Gasteiger charge is 2.23. The molecule has 1 amide bonds. The summed E-state index contributed by atoms with van der Waals surface area (Å²) in [4.78, 5) is 14.1. The van der Waals surface area contributed by atoms with E-state index >= 15 is 0 Å². The van der Waals surface area contributed by atoms with Crippen LogP contribution in [0, 0.1) is 0 Å². The van der Waals surface area contributed by atoms with Gasteiger partial charge in [-0.1, -0.05) is 0 Å². The van der Waals surface area contributed by atoms with Crippen LogP contribution >= 0.6 is 0 Å². The molecule has 3 heterocycles. The molecule has 2 aliphatic heterocycles. The molecule has 1 aromatic heterocycles. The van der Waals surface area contributed by atoms with Gasteiger partial charge >= 0.3 is 0 Å². The molecule has 1 aromatic rings. The van der Waals surface area contributed by atoms with Crippen LogP contribution in [0.4, 0.5) is 0 Å². The number of carbonyl (C=O) groups excluding carboxylic acids is 1. The van der Waals surface area contributed by atoms with Gasteiger partial charge in [0, 0.05) is 32.9 Å². The van der Waals surface area contributed by atoms with E-state index in [9.17, 15) is 4.79 Å². The smallest absolute Gasteiger partial charge is 0.274 e. The van der Waals surface area contributed by atoms with Crippen molar-refractivity contribution in [2.45, 2.75) is 37.8 Å². The molecule has 21 heavy (non-hydrogen) atoms. The average molecular weight is 292 g/mol. The Morgan fingerprint density at radius 3 is 3.14 bits per heavy atom. The number of rotatable bonds is 4. The normalized spacial score (nSPS) is 26.0. The zero-order valence-corrected chi connectivity index (χ0v) is 12.6. The maximum Gasteiger partial charge on any atom is 0.274 e. The highest BCUT2D eigenvalue weighted by Crippen LogP contribution is 2.17. The standard InChI is InChI=1S/C15H24N4O2/c1-18(11-13-5-3-9-21-13)15(20)14-6-8-19(17-14)12-4-2-7-16-10-12/h6,8,12-13,16H,2-5,7,9-11H2,1H3. The number of carbonyl (C=O) groups is 1. The van der Waals surface area contributed by atoms with Crippen molar-refractivity contribution in [3.05, 3.63) is 18.0 Å². The Labute approximate surface area is 125 Å². The van der Waals surface area contributed by atoms with Crippen LogP contribution in [-0.2, 0) is 4.74 Å². The average Bonchev–Trinajstić information content (AvgIpc) is 3.18. The highest BCUT2D eigenvalue weighted by molar-refractivity contribution is 5.92. The molecule has 0 aromatic carbocycles. The molecule has 2 unspecified atom stereocenters. The summed E-state index contributed by atoms with van der Waals surface area (Å²) in [5.74, 6) is -0.0204. The fraction of sp³-hybridized carbons (Fsp3) is 0.733. The number of amides is 1. The first-order valence-corrected chi connectivity index (χ1v) is 7.87. The minimum Gasteiger partial charge on any atom is -0.376 e. The van der Waals surface area contributed by atoms with Gasteiger partial charge in [0.15, 0.2) is 0 Å². The van der Waals surface area contributed by atoms with Crippen LogP contribution in [0.3, 0.4) is 0 Å². The first kappa shape index (κ1) is 14.5. The predicted octanol–water partition coefficient (Wildman–Crippen LogP) is 1.06. The Morgan fingerprint density at radius 1 is 1.52 bits per heavy atom. The van der Waals surface area contributed by atoms with Crippen LogP contribution < -0.4 is 5.32 Å². The lowest BCUT2D eigenvalue weighted by Gasteiger charge is -2.23. The second-order valence-electron chi connectivity index (χ2n) is 6.00. The third-order valence-corrected chi connectivity index (χ3v) is 4.32. The van der Waals surface area contributed by atoms with Crippen molar-refractivity contribution in [3.63, 3.8) is 0 Å². The van der Waals surface area contributed by atoms with Crippen LogP contribution in [0.5, 0.6) is 0 Å². The number of aromatic nitrogens is 2. The third-order valence-electron chi connectivity index (χ3n) is 4.32. The molecule has 3 rings (SSSR count). The molecule has 2 saturated heterocycles. The van der Waals surface area contributed by atoms with Gasteiger partial charge in [-0.2, -0.15) is 5.10 Å². The summed E-state index contributed by atoms with van der Waals surface area (Å²) in [5.41, 5.74) is 0.529. The van der Waals surface area contributed by atoms with Crippen molar-refractivity contribution in [3.8, 4) is 0 Å². The molecular weight excluding hydrogens is 268 g/mol. The number of ether oxygens (including phenoxy) is 1. The number of likely N-dealkylation sites (N-methyl/N-ethyl adjacent to an activating group) is 1. The van der Waals surface area contributed by atoms with Gasteiger partial charge in [-0.05, 0) is 38.3 Å². The second-order valence-corrected chi connectivity index (χ2v) is 6.00. The summed E-state index contributed by atoms with van der Waals surface area (Å²) >= 11 is 0. The molecule has 2 aliphatic rings. The van der Waals surface area contributed by atoms with Gasteiger partial charge in [-0.15, -0.1) is 0 Å². The number of nitrogens with zero attached hydrogens (tertiary/aromatic N) is 3. The molecule has 6 heteroatoms. The van der Waals surface area contributed by atoms with Crippen LogP contribution in [0.2, 0.25) is 0 Å². The molecule has 2 fully saturated rings. The van der Waals surface area contributed by atoms with Crippen molar-refractivity contribution in [2.24, 2.45) is 0 Å². The predicted molar refractivity (Wildman–Crippen MR) is 79.3 cm³/mol. The maximum absolute atomic E-state index is 12.4. The molecular formula is C15H24N4O2. The monoisotopic (exact) mass is 292 g/mol. The lowest BCUT2D eigenvalue weighted by Crippen LogP contribution is -2.35. The van der Waals surface area contributed by atoms with Gasteiger partial charge in [0.2, 0.25) is 0 Å². The lowest BCUT2D eigenvalue weighted by atomic mass is 10.1. The molecule has 0 radical (unpaired) electrons. The number of piperidine rings is 1. The van der Waals surface area contributed by atoms with Crippen molar-refractivity contribution >= 4 is 5.91 Å². The Bertz CT molecular complexity index is 476. The van der Waals surface area contributed by atoms with Gasteiger partial charge in [-0.25, -0.2) is 0 Å². The van der Waals surface area contributed by atoms with Crippen molar-refractivity contribution in [1.82, 2.24) is 20.0 Å². The quantitative estimate of drug-likeness (QED) is 0.901. The lowest BCUT2D eigenvalue weighted by molar-refractivity contribution is 0.0581. The molecule has 2 atom stereocenters. The van der Waals surface area contributed by atoms with Crippen molar-refractivity contribution in [2.75, 3.05) is 33.3 Å². The van der Waals surface area contributed by atoms with E-state index in [0.717, 1.165) is 45.4 Å². The number of nitrogens with one attached hydrogen (secondary N) is 1. The molecule has 6 nitrogen and oxygen atoms in total. The summed E-state index contributed by atoms with van der Waals surface area (Å²) in [5, 5.41) is 7.84. The van der Waals surface area contributed by atoms with E-state index in [2.05, 4.69) is 10.4 Å². The van der Waals surface area contributed by atoms with Crippen LogP contribution in [0.25, 0.3) is 0 Å². The SMILES string of the molecule is CN(CC1CCCO1)C(=O)c1ccn(C2CCCNC2)n1. The van der Waals surface area contributed by atoms with Crippen molar-refractivity contribution in [1.29, 1.82) is 0 Å². The van der Waals surface area contributed by atoms with Crippen LogP contribution in [-0.4, -0.2) is 60.0 Å². The minimum atomic E-state index is -0.0204. The summed E-state index contributed by atoms with van der Waals surface area (Å²) in [6.07, 6.45) is 6.52. The molecule has 0 saturated carbocycles. The van der Waals surface area contributed by atoms with Gasteiger partial charge < -0.3 is 15.0 Å². The van der Waals surface area contributed by atoms with Gasteiger partial charge in [-0.3, -0.25) is 9.48 Å². The molecule has 116 valence electrons. The fourth-order valence-corrected chi connectivity index (χ4v) is 3.09. The Kier molecular flexibility index (Phi) is 4.55. The fourth-order valence-electron chi connectivity index (χ4n) is 3.09. The Hall–Kier alpha value is -1.40. The molecule has 0 aliphatic carbocycles. The van der Waals surface area contributed by atoms with E-state index in [1.54, 1.807) is 4.90 Å². The molecule has 0 bridgehead atoms. The summed E-state index contributed by atoms with van der Waals surface area (Å²) < 4.78 is 7.51. The van der Waals surface area contributed by atoms with E-state index in [-0.39, 0.29) is 12.0 Å². The van der Waals surface area contributed by atoms with E-state index in [1.165, 1.54) is 0 Å². The van der Waals surface area contributed by atoms with Gasteiger partial charge in [0.1, 0.15) is 5.69 Å². The number of hydrogen-bond donors (Lipinski definition) is 1. The van der Waals surface area contributed by atoms with Crippen LogP contribution in [0.15, 0.2) is 12.3 Å². The van der Waals surface area contributed by atoms with Gasteiger partial charge in [0.05, 0.1) is 12.1 Å². The Morgan fingerprint density at radius 2 is 2.43 bits per heavy atom. The maximum atomic E-state index is 12.4. The number of hydrogen-bond acceptors (Lipinski definition) is 4. The topological polar surface area (TPSA) is 59.4 Å². The van der Waals surface area contributed by atoms with Gasteiger partial charge in [0.25, 0.3) is 5.91 Å². The van der Waals surface area contributed by atoms with E-state index < -0.39 is 0 Å². The van der Waals surface area contributed by atoms with E-state index in [4.69, 9.17) is 4.74 Å². The molecule has 1 N–H and O–H groups in total. The van der Waals surface area contributed by atoms with E-state index in [0.29, 0.717) is 18.3 Å². The van der Waals surface area contributed by atoms with E-state index in [1.807, 2.05) is 24.0 Å². The second kappa shape index (κ2) is 6.58. The zero-order valence-electron chi connectivity index (χ0n) is 12.6.